The van der Waals surface area contributed by atoms with Crippen molar-refractivity contribution in [2.45, 2.75) is 51.5 Å². The average Bonchev–Trinajstić information content (AvgIpc) is 2.73. The molecule has 0 atom stereocenters. The first-order chi connectivity index (χ1) is 7.74. The van der Waals surface area contributed by atoms with Gasteiger partial charge in [-0.25, -0.2) is 4.79 Å². The highest BCUT2D eigenvalue weighted by atomic mass is 16.4. The van der Waals surface area contributed by atoms with Gasteiger partial charge in [0.1, 0.15) is 0 Å². The quantitative estimate of drug-likeness (QED) is 0.851. The van der Waals surface area contributed by atoms with Crippen molar-refractivity contribution in [3.8, 4) is 0 Å². The predicted molar refractivity (Wildman–Crippen MR) is 62.9 cm³/mol. The Morgan fingerprint density at radius 3 is 2.69 bits per heavy atom. The summed E-state index contributed by atoms with van der Waals surface area (Å²) < 4.78 is 2.20. The molecule has 0 unspecified atom stereocenters. The monoisotopic (exact) mass is 221 g/mol. The van der Waals surface area contributed by atoms with Crippen molar-refractivity contribution >= 4 is 5.97 Å². The van der Waals surface area contributed by atoms with Crippen LogP contribution in [-0.2, 0) is 6.42 Å². The second-order valence-electron chi connectivity index (χ2n) is 4.53. The summed E-state index contributed by atoms with van der Waals surface area (Å²) in [6.07, 6.45) is 9.01. The number of hydrogen-bond acceptors (Lipinski definition) is 1. The van der Waals surface area contributed by atoms with E-state index in [1.54, 1.807) is 6.07 Å². The van der Waals surface area contributed by atoms with E-state index in [0.717, 1.165) is 12.1 Å². The van der Waals surface area contributed by atoms with Crippen LogP contribution in [0.25, 0.3) is 0 Å². The van der Waals surface area contributed by atoms with E-state index in [2.05, 4.69) is 4.57 Å². The molecule has 0 aliphatic heterocycles. The van der Waals surface area contributed by atoms with Crippen LogP contribution in [-0.4, -0.2) is 15.6 Å². The molecule has 2 rings (SSSR count). The molecule has 3 nitrogen and oxygen atoms in total. The lowest BCUT2D eigenvalue weighted by atomic mass is 9.95. The van der Waals surface area contributed by atoms with Crippen molar-refractivity contribution in [3.05, 3.63) is 23.5 Å². The largest absolute Gasteiger partial charge is 0.478 e. The van der Waals surface area contributed by atoms with Gasteiger partial charge in [-0.1, -0.05) is 26.2 Å². The van der Waals surface area contributed by atoms with Crippen molar-refractivity contribution in [1.29, 1.82) is 0 Å². The number of carbonyl (C=O) groups is 1. The SMILES string of the molecule is CCc1c(C(=O)O)ccn1C1CCCCC1. The van der Waals surface area contributed by atoms with Gasteiger partial charge >= 0.3 is 5.97 Å². The second-order valence-corrected chi connectivity index (χ2v) is 4.53. The molecule has 0 aromatic carbocycles. The number of aromatic carboxylic acids is 1. The van der Waals surface area contributed by atoms with E-state index in [4.69, 9.17) is 5.11 Å². The highest BCUT2D eigenvalue weighted by Crippen LogP contribution is 2.30. The Bertz CT molecular complexity index is 375. The molecule has 0 spiro atoms. The zero-order valence-electron chi connectivity index (χ0n) is 9.78. The van der Waals surface area contributed by atoms with Crippen LogP contribution >= 0.6 is 0 Å². The van der Waals surface area contributed by atoms with Gasteiger partial charge in [-0.2, -0.15) is 0 Å². The molecule has 0 radical (unpaired) electrons. The molecule has 16 heavy (non-hydrogen) atoms. The maximum Gasteiger partial charge on any atom is 0.337 e. The van der Waals surface area contributed by atoms with Crippen molar-refractivity contribution in [1.82, 2.24) is 4.57 Å². The molecule has 0 saturated heterocycles. The summed E-state index contributed by atoms with van der Waals surface area (Å²) >= 11 is 0. The van der Waals surface area contributed by atoms with E-state index in [-0.39, 0.29) is 0 Å². The van der Waals surface area contributed by atoms with Gasteiger partial charge in [-0.05, 0) is 25.3 Å². The van der Waals surface area contributed by atoms with Gasteiger partial charge in [0.25, 0.3) is 0 Å². The Kier molecular flexibility index (Phi) is 3.32. The second kappa shape index (κ2) is 4.73. The van der Waals surface area contributed by atoms with Gasteiger partial charge in [0.2, 0.25) is 0 Å². The van der Waals surface area contributed by atoms with Gasteiger partial charge in [0.15, 0.2) is 0 Å². The fraction of sp³-hybridized carbons (Fsp3) is 0.615. The number of carboxylic acid groups (broad SMARTS) is 1. The predicted octanol–water partition coefficient (Wildman–Crippen LogP) is 3.25. The van der Waals surface area contributed by atoms with Gasteiger partial charge in [0, 0.05) is 17.9 Å². The van der Waals surface area contributed by atoms with Crippen LogP contribution in [0.3, 0.4) is 0 Å². The molecule has 1 aromatic rings. The van der Waals surface area contributed by atoms with E-state index >= 15 is 0 Å². The van der Waals surface area contributed by atoms with Crippen molar-refractivity contribution < 1.29 is 9.90 Å². The molecule has 1 aliphatic carbocycles. The first-order valence-corrected chi connectivity index (χ1v) is 6.17. The minimum absolute atomic E-state index is 0.480. The Morgan fingerprint density at radius 2 is 2.12 bits per heavy atom. The summed E-state index contributed by atoms with van der Waals surface area (Å²) in [6, 6.07) is 2.27. The summed E-state index contributed by atoms with van der Waals surface area (Å²) in [5.41, 5.74) is 1.47. The Labute approximate surface area is 96.1 Å². The summed E-state index contributed by atoms with van der Waals surface area (Å²) in [4.78, 5) is 11.1. The van der Waals surface area contributed by atoms with Gasteiger partial charge in [-0.3, -0.25) is 0 Å². The third-order valence-electron chi connectivity index (χ3n) is 3.56. The fourth-order valence-corrected chi connectivity index (χ4v) is 2.75. The number of aromatic nitrogens is 1. The van der Waals surface area contributed by atoms with Crippen molar-refractivity contribution in [2.24, 2.45) is 0 Å². The lowest BCUT2D eigenvalue weighted by molar-refractivity contribution is 0.0695. The summed E-state index contributed by atoms with van der Waals surface area (Å²) in [5.74, 6) is -0.800. The van der Waals surface area contributed by atoms with E-state index in [1.807, 2.05) is 13.1 Å². The van der Waals surface area contributed by atoms with Crippen LogP contribution in [0.4, 0.5) is 0 Å². The van der Waals surface area contributed by atoms with Gasteiger partial charge < -0.3 is 9.67 Å². The standard InChI is InChI=1S/C13H19NO2/c1-2-12-11(13(15)16)8-9-14(12)10-6-4-3-5-7-10/h8-10H,2-7H2,1H3,(H,15,16). The minimum Gasteiger partial charge on any atom is -0.478 e. The third-order valence-corrected chi connectivity index (χ3v) is 3.56. The van der Waals surface area contributed by atoms with Crippen LogP contribution in [0.1, 0.15) is 61.1 Å². The smallest absolute Gasteiger partial charge is 0.337 e. The molecule has 1 aromatic heterocycles. The lowest BCUT2D eigenvalue weighted by Gasteiger charge is -2.25. The zero-order chi connectivity index (χ0) is 11.5. The Morgan fingerprint density at radius 1 is 1.44 bits per heavy atom. The molecule has 0 amide bonds. The molecule has 1 N–H and O–H groups in total. The number of hydrogen-bond donors (Lipinski definition) is 1. The van der Waals surface area contributed by atoms with E-state index in [1.165, 1.54) is 32.1 Å². The maximum atomic E-state index is 11.1. The van der Waals surface area contributed by atoms with E-state index in [0.29, 0.717) is 11.6 Å². The molecule has 1 heterocycles. The molecule has 3 heteroatoms. The molecule has 1 aliphatic rings. The summed E-state index contributed by atoms with van der Waals surface area (Å²) in [7, 11) is 0. The third kappa shape index (κ3) is 1.99. The topological polar surface area (TPSA) is 42.2 Å². The Balaban J connectivity index is 2.29. The van der Waals surface area contributed by atoms with Gasteiger partial charge in [-0.15, -0.1) is 0 Å². The highest BCUT2D eigenvalue weighted by Gasteiger charge is 2.20. The lowest BCUT2D eigenvalue weighted by Crippen LogP contribution is -2.15. The normalized spacial score (nSPS) is 17.6. The van der Waals surface area contributed by atoms with Crippen LogP contribution in [0.2, 0.25) is 0 Å². The summed E-state index contributed by atoms with van der Waals surface area (Å²) in [6.45, 7) is 2.03. The number of rotatable bonds is 3. The van der Waals surface area contributed by atoms with E-state index in [9.17, 15) is 4.79 Å². The highest BCUT2D eigenvalue weighted by molar-refractivity contribution is 5.89. The number of carboxylic acids is 1. The summed E-state index contributed by atoms with van der Waals surface area (Å²) in [5, 5.41) is 9.10. The first kappa shape index (κ1) is 11.2. The van der Waals surface area contributed by atoms with Crippen molar-refractivity contribution in [2.75, 3.05) is 0 Å². The van der Waals surface area contributed by atoms with Gasteiger partial charge in [0.05, 0.1) is 5.56 Å². The Hall–Kier alpha value is -1.25. The molecule has 1 saturated carbocycles. The average molecular weight is 221 g/mol. The minimum atomic E-state index is -0.800. The van der Waals surface area contributed by atoms with Crippen LogP contribution in [0.15, 0.2) is 12.3 Å². The molecular formula is C13H19NO2. The van der Waals surface area contributed by atoms with Crippen LogP contribution in [0, 0.1) is 0 Å². The fourth-order valence-electron chi connectivity index (χ4n) is 2.75. The maximum absolute atomic E-state index is 11.1. The van der Waals surface area contributed by atoms with Crippen LogP contribution < -0.4 is 0 Å². The van der Waals surface area contributed by atoms with Crippen molar-refractivity contribution in [3.63, 3.8) is 0 Å². The zero-order valence-corrected chi connectivity index (χ0v) is 9.78. The first-order valence-electron chi connectivity index (χ1n) is 6.17. The molecule has 88 valence electrons. The van der Waals surface area contributed by atoms with E-state index < -0.39 is 5.97 Å². The molecule has 0 bridgehead atoms. The number of nitrogens with zero attached hydrogens (tertiary/aromatic N) is 1. The molecule has 1 fully saturated rings. The van der Waals surface area contributed by atoms with Crippen LogP contribution in [0.5, 0.6) is 0 Å². The molecular weight excluding hydrogens is 202 g/mol.